The first-order chi connectivity index (χ1) is 14.7. The van der Waals surface area contributed by atoms with Gasteiger partial charge in [-0.2, -0.15) is 0 Å². The van der Waals surface area contributed by atoms with Crippen molar-refractivity contribution in [2.45, 2.75) is 26.2 Å². The van der Waals surface area contributed by atoms with Gasteiger partial charge in [-0.05, 0) is 76.7 Å². The van der Waals surface area contributed by atoms with Crippen LogP contribution in [0.4, 0.5) is 0 Å². The van der Waals surface area contributed by atoms with Crippen molar-refractivity contribution in [1.82, 2.24) is 0 Å². The summed E-state index contributed by atoms with van der Waals surface area (Å²) in [6, 6.07) is 29.8. The summed E-state index contributed by atoms with van der Waals surface area (Å²) < 4.78 is 5.29. The Hall–Kier alpha value is -3.50. The Bertz CT molecular complexity index is 1190. The zero-order valence-electron chi connectivity index (χ0n) is 17.6. The van der Waals surface area contributed by atoms with Gasteiger partial charge >= 0.3 is 0 Å². The molecule has 0 amide bonds. The van der Waals surface area contributed by atoms with E-state index in [1.165, 1.54) is 34.9 Å². The molecule has 0 saturated heterocycles. The number of ether oxygens (including phenoxy) is 1. The van der Waals surface area contributed by atoms with Gasteiger partial charge in [0, 0.05) is 11.1 Å². The third kappa shape index (κ3) is 4.73. The van der Waals surface area contributed by atoms with Crippen LogP contribution in [0, 0.1) is 11.8 Å². The Morgan fingerprint density at radius 1 is 0.667 bits per heavy atom. The Labute approximate surface area is 179 Å². The molecule has 0 N–H and O–H groups in total. The number of fused-ring (bicyclic) bond motifs is 1. The SMILES string of the molecule is CCCCc1ccc(-c2ccc(C#Cc3ccc4cc(OC)ccc4c3)cc2)cc1. The van der Waals surface area contributed by atoms with Crippen molar-refractivity contribution < 1.29 is 4.74 Å². The highest BCUT2D eigenvalue weighted by atomic mass is 16.5. The molecule has 30 heavy (non-hydrogen) atoms. The Morgan fingerprint density at radius 2 is 1.27 bits per heavy atom. The van der Waals surface area contributed by atoms with E-state index >= 15 is 0 Å². The zero-order chi connectivity index (χ0) is 20.8. The van der Waals surface area contributed by atoms with Crippen molar-refractivity contribution in [2.24, 2.45) is 0 Å². The summed E-state index contributed by atoms with van der Waals surface area (Å²) >= 11 is 0. The van der Waals surface area contributed by atoms with Crippen LogP contribution < -0.4 is 4.74 Å². The molecule has 0 aromatic heterocycles. The molecule has 0 aliphatic rings. The molecule has 1 heteroatoms. The van der Waals surface area contributed by atoms with E-state index in [1.807, 2.05) is 12.1 Å². The quantitative estimate of drug-likeness (QED) is 0.326. The van der Waals surface area contributed by atoms with Crippen LogP contribution in [0.5, 0.6) is 5.75 Å². The molecule has 0 fully saturated rings. The highest BCUT2D eigenvalue weighted by Gasteiger charge is 2.00. The molecule has 4 aromatic rings. The monoisotopic (exact) mass is 390 g/mol. The predicted octanol–water partition coefficient (Wildman–Crippen LogP) is 7.26. The largest absolute Gasteiger partial charge is 0.497 e. The van der Waals surface area contributed by atoms with Gasteiger partial charge in [-0.25, -0.2) is 0 Å². The van der Waals surface area contributed by atoms with Crippen LogP contribution in [0.25, 0.3) is 21.9 Å². The summed E-state index contributed by atoms with van der Waals surface area (Å²) in [6.07, 6.45) is 3.64. The Balaban J connectivity index is 1.49. The molecule has 0 aliphatic heterocycles. The van der Waals surface area contributed by atoms with Gasteiger partial charge in [-0.3, -0.25) is 0 Å². The van der Waals surface area contributed by atoms with Gasteiger partial charge in [0.05, 0.1) is 7.11 Å². The van der Waals surface area contributed by atoms with Crippen molar-refractivity contribution in [3.05, 3.63) is 102 Å². The minimum absolute atomic E-state index is 0.872. The summed E-state index contributed by atoms with van der Waals surface area (Å²) in [5.41, 5.74) is 5.92. The standard InChI is InChI=1S/C29H26O/c1-3-4-5-22-8-13-25(14-9-22)26-15-10-23(11-16-26)6-7-24-12-17-28-21-29(30-2)19-18-27(28)20-24/h8-21H,3-5H2,1-2H3. The predicted molar refractivity (Wildman–Crippen MR) is 127 cm³/mol. The fourth-order valence-electron chi connectivity index (χ4n) is 3.56. The summed E-state index contributed by atoms with van der Waals surface area (Å²) in [5, 5.41) is 2.32. The number of aryl methyl sites for hydroxylation is 1. The second kappa shape index (κ2) is 9.33. The molecule has 148 valence electrons. The van der Waals surface area contributed by atoms with Crippen LogP contribution in [0.3, 0.4) is 0 Å². The van der Waals surface area contributed by atoms with Gasteiger partial charge in [-0.15, -0.1) is 0 Å². The number of hydrogen-bond donors (Lipinski definition) is 0. The van der Waals surface area contributed by atoms with Crippen molar-refractivity contribution in [2.75, 3.05) is 7.11 Å². The number of methoxy groups -OCH3 is 1. The fraction of sp³-hybridized carbons (Fsp3) is 0.172. The van der Waals surface area contributed by atoms with Crippen molar-refractivity contribution in [3.63, 3.8) is 0 Å². The van der Waals surface area contributed by atoms with Gasteiger partial charge in [0.2, 0.25) is 0 Å². The molecule has 1 nitrogen and oxygen atoms in total. The highest BCUT2D eigenvalue weighted by molar-refractivity contribution is 5.85. The van der Waals surface area contributed by atoms with E-state index in [4.69, 9.17) is 4.74 Å². The van der Waals surface area contributed by atoms with Crippen molar-refractivity contribution >= 4 is 10.8 Å². The number of unbranched alkanes of at least 4 members (excludes halogenated alkanes) is 1. The van der Waals surface area contributed by atoms with Crippen LogP contribution >= 0.6 is 0 Å². The molecule has 0 aliphatic carbocycles. The normalized spacial score (nSPS) is 10.5. The highest BCUT2D eigenvalue weighted by Crippen LogP contribution is 2.22. The molecule has 4 aromatic carbocycles. The topological polar surface area (TPSA) is 9.23 Å². The third-order valence-electron chi connectivity index (χ3n) is 5.39. The summed E-state index contributed by atoms with van der Waals surface area (Å²) in [4.78, 5) is 0. The van der Waals surface area contributed by atoms with Crippen LogP contribution in [0.2, 0.25) is 0 Å². The van der Waals surface area contributed by atoms with Gasteiger partial charge in [0.1, 0.15) is 5.75 Å². The van der Waals surface area contributed by atoms with Crippen LogP contribution in [-0.2, 0) is 6.42 Å². The minimum atomic E-state index is 0.872. The van der Waals surface area contributed by atoms with E-state index in [0.717, 1.165) is 28.7 Å². The van der Waals surface area contributed by atoms with E-state index in [-0.39, 0.29) is 0 Å². The maximum atomic E-state index is 5.29. The second-order valence-electron chi connectivity index (χ2n) is 7.56. The third-order valence-corrected chi connectivity index (χ3v) is 5.39. The van der Waals surface area contributed by atoms with Crippen molar-refractivity contribution in [3.8, 4) is 28.7 Å². The Kier molecular flexibility index (Phi) is 6.16. The summed E-state index contributed by atoms with van der Waals surface area (Å²) in [5.74, 6) is 7.44. The lowest BCUT2D eigenvalue weighted by atomic mass is 10.0. The van der Waals surface area contributed by atoms with Gasteiger partial charge in [0.25, 0.3) is 0 Å². The van der Waals surface area contributed by atoms with Crippen LogP contribution in [-0.4, -0.2) is 7.11 Å². The summed E-state index contributed by atoms with van der Waals surface area (Å²) in [6.45, 7) is 2.23. The molecule has 0 atom stereocenters. The molecular weight excluding hydrogens is 364 g/mol. The smallest absolute Gasteiger partial charge is 0.119 e. The molecule has 4 rings (SSSR count). The van der Waals surface area contributed by atoms with E-state index in [0.29, 0.717) is 0 Å². The first kappa shape index (κ1) is 19.8. The molecular formula is C29H26O. The maximum absolute atomic E-state index is 5.29. The van der Waals surface area contributed by atoms with Crippen LogP contribution in [0.1, 0.15) is 36.5 Å². The minimum Gasteiger partial charge on any atom is -0.497 e. The van der Waals surface area contributed by atoms with Crippen molar-refractivity contribution in [1.29, 1.82) is 0 Å². The van der Waals surface area contributed by atoms with E-state index in [1.54, 1.807) is 7.11 Å². The molecule has 0 spiro atoms. The molecule has 0 bridgehead atoms. The molecule has 0 unspecified atom stereocenters. The number of rotatable bonds is 5. The lowest BCUT2D eigenvalue weighted by Gasteiger charge is -2.04. The summed E-state index contributed by atoms with van der Waals surface area (Å²) in [7, 11) is 1.69. The lowest BCUT2D eigenvalue weighted by molar-refractivity contribution is 0.415. The van der Waals surface area contributed by atoms with Gasteiger partial charge in [0.15, 0.2) is 0 Å². The number of hydrogen-bond acceptors (Lipinski definition) is 1. The fourth-order valence-corrected chi connectivity index (χ4v) is 3.56. The lowest BCUT2D eigenvalue weighted by Crippen LogP contribution is -1.85. The van der Waals surface area contributed by atoms with Gasteiger partial charge < -0.3 is 4.74 Å². The zero-order valence-corrected chi connectivity index (χ0v) is 17.6. The average Bonchev–Trinajstić information content (AvgIpc) is 2.81. The van der Waals surface area contributed by atoms with E-state index in [9.17, 15) is 0 Å². The second-order valence-corrected chi connectivity index (χ2v) is 7.56. The average molecular weight is 391 g/mol. The molecule has 0 saturated carbocycles. The maximum Gasteiger partial charge on any atom is 0.119 e. The molecule has 0 radical (unpaired) electrons. The van der Waals surface area contributed by atoms with Gasteiger partial charge in [-0.1, -0.05) is 73.7 Å². The van der Waals surface area contributed by atoms with E-state index < -0.39 is 0 Å². The first-order valence-corrected chi connectivity index (χ1v) is 10.5. The van der Waals surface area contributed by atoms with Crippen LogP contribution in [0.15, 0.2) is 84.9 Å². The first-order valence-electron chi connectivity index (χ1n) is 10.5. The number of benzene rings is 4. The van der Waals surface area contributed by atoms with E-state index in [2.05, 4.69) is 91.6 Å². The Morgan fingerprint density at radius 3 is 1.97 bits per heavy atom. The molecule has 0 heterocycles.